The van der Waals surface area contributed by atoms with E-state index in [2.05, 4.69) is 10.5 Å². The van der Waals surface area contributed by atoms with Crippen molar-refractivity contribution in [3.63, 3.8) is 0 Å². The first kappa shape index (κ1) is 11.4. The molecule has 0 radical (unpaired) electrons. The lowest BCUT2D eigenvalue weighted by Crippen LogP contribution is -2.44. The number of phenols is 1. The molecule has 90 valence electrons. The van der Waals surface area contributed by atoms with Crippen molar-refractivity contribution in [2.75, 3.05) is 0 Å². The second-order valence-corrected chi connectivity index (χ2v) is 4.12. The molecule has 1 aliphatic heterocycles. The Labute approximate surface area is 96.6 Å². The van der Waals surface area contributed by atoms with E-state index in [-0.39, 0.29) is 17.7 Å². The molecule has 2 rings (SSSR count). The maximum Gasteiger partial charge on any atom is 0.331 e. The Bertz CT molecular complexity index is 515. The monoisotopic (exact) mass is 238 g/mol. The summed E-state index contributed by atoms with van der Waals surface area (Å²) in [6.45, 7) is 1.46. The van der Waals surface area contributed by atoms with Gasteiger partial charge in [0.05, 0.1) is 5.71 Å². The highest BCUT2D eigenvalue weighted by Gasteiger charge is 2.39. The molecule has 0 amide bonds. The smallest absolute Gasteiger partial charge is 0.331 e. The van der Waals surface area contributed by atoms with Crippen LogP contribution in [0.15, 0.2) is 23.3 Å². The fraction of sp³-hybridized carbons (Fsp3) is 0.273. The van der Waals surface area contributed by atoms with Crippen LogP contribution < -0.4 is 5.43 Å². The molecule has 17 heavy (non-hydrogen) atoms. The first-order chi connectivity index (χ1) is 7.94. The van der Waals surface area contributed by atoms with Gasteiger partial charge in [-0.3, -0.25) is 5.43 Å². The lowest BCUT2D eigenvalue weighted by molar-refractivity contribution is -0.143. The van der Waals surface area contributed by atoms with Crippen LogP contribution >= 0.6 is 0 Å². The number of aromatic hydroxyl groups is 1. The number of halogens is 1. The maximum atomic E-state index is 13.6. The molecule has 1 aliphatic rings. The minimum absolute atomic E-state index is 0.0582. The lowest BCUT2D eigenvalue weighted by Gasteiger charge is -2.17. The van der Waals surface area contributed by atoms with Crippen LogP contribution in [-0.2, 0) is 4.79 Å². The molecular weight excluding hydrogens is 227 g/mol. The van der Waals surface area contributed by atoms with E-state index < -0.39 is 23.1 Å². The molecule has 0 spiro atoms. The van der Waals surface area contributed by atoms with Crippen molar-refractivity contribution in [1.29, 1.82) is 0 Å². The molecule has 1 atom stereocenters. The zero-order valence-corrected chi connectivity index (χ0v) is 9.07. The highest BCUT2D eigenvalue weighted by atomic mass is 19.1. The maximum absolute atomic E-state index is 13.6. The highest BCUT2D eigenvalue weighted by molar-refractivity contribution is 6.05. The van der Waals surface area contributed by atoms with Crippen molar-refractivity contribution in [3.05, 3.63) is 29.6 Å². The van der Waals surface area contributed by atoms with Crippen molar-refractivity contribution in [2.24, 2.45) is 5.10 Å². The Morgan fingerprint density at radius 2 is 2.29 bits per heavy atom. The average molecular weight is 238 g/mol. The zero-order valence-electron chi connectivity index (χ0n) is 9.07. The van der Waals surface area contributed by atoms with Crippen molar-refractivity contribution in [2.45, 2.75) is 18.9 Å². The SMILES string of the molecule is CC1(C(=O)O)CC(c2cccc(O)c2F)=NN1. The summed E-state index contributed by atoms with van der Waals surface area (Å²) in [4.78, 5) is 11.0. The lowest BCUT2D eigenvalue weighted by atomic mass is 9.94. The minimum Gasteiger partial charge on any atom is -0.505 e. The van der Waals surface area contributed by atoms with E-state index in [9.17, 15) is 14.3 Å². The van der Waals surface area contributed by atoms with Gasteiger partial charge in [0.15, 0.2) is 17.1 Å². The average Bonchev–Trinajstić information content (AvgIpc) is 2.66. The number of nitrogens with zero attached hydrogens (tertiary/aromatic N) is 1. The quantitative estimate of drug-likeness (QED) is 0.719. The summed E-state index contributed by atoms with van der Waals surface area (Å²) in [5.41, 5.74) is 1.63. The Balaban J connectivity index is 2.33. The summed E-state index contributed by atoms with van der Waals surface area (Å²) in [7, 11) is 0. The van der Waals surface area contributed by atoms with Gasteiger partial charge in [-0.2, -0.15) is 5.10 Å². The number of carboxylic acids is 1. The molecule has 1 aromatic rings. The first-order valence-electron chi connectivity index (χ1n) is 4.99. The third-order valence-corrected chi connectivity index (χ3v) is 2.72. The third-order valence-electron chi connectivity index (χ3n) is 2.72. The molecule has 5 nitrogen and oxygen atoms in total. The molecule has 0 bridgehead atoms. The number of hydrogen-bond acceptors (Lipinski definition) is 4. The van der Waals surface area contributed by atoms with Crippen molar-refractivity contribution < 1.29 is 19.4 Å². The van der Waals surface area contributed by atoms with Gasteiger partial charge in [0.2, 0.25) is 0 Å². The predicted molar refractivity (Wildman–Crippen MR) is 58.4 cm³/mol. The molecule has 0 saturated heterocycles. The molecule has 3 N–H and O–H groups in total. The summed E-state index contributed by atoms with van der Waals surface area (Å²) in [6.07, 6.45) is 0.0582. The van der Waals surface area contributed by atoms with Gasteiger partial charge in [-0.05, 0) is 19.1 Å². The van der Waals surface area contributed by atoms with Gasteiger partial charge in [-0.1, -0.05) is 6.07 Å². The van der Waals surface area contributed by atoms with Gasteiger partial charge in [0.1, 0.15) is 0 Å². The number of aliphatic carboxylic acids is 1. The van der Waals surface area contributed by atoms with Gasteiger partial charge < -0.3 is 10.2 Å². The zero-order chi connectivity index (χ0) is 12.6. The second kappa shape index (κ2) is 3.73. The van der Waals surface area contributed by atoms with E-state index in [1.54, 1.807) is 0 Å². The fourth-order valence-electron chi connectivity index (χ4n) is 1.63. The molecule has 1 heterocycles. The molecular formula is C11H11FN2O3. The molecule has 0 fully saturated rings. The fourth-order valence-corrected chi connectivity index (χ4v) is 1.63. The predicted octanol–water partition coefficient (Wildman–Crippen LogP) is 1.07. The summed E-state index contributed by atoms with van der Waals surface area (Å²) in [6, 6.07) is 4.15. The summed E-state index contributed by atoms with van der Waals surface area (Å²) in [5.74, 6) is -2.33. The van der Waals surface area contributed by atoms with Gasteiger partial charge in [-0.25, -0.2) is 9.18 Å². The van der Waals surface area contributed by atoms with Crippen LogP contribution in [0, 0.1) is 5.82 Å². The Morgan fingerprint density at radius 3 is 2.88 bits per heavy atom. The van der Waals surface area contributed by atoms with E-state index >= 15 is 0 Å². The van der Waals surface area contributed by atoms with Gasteiger partial charge in [0, 0.05) is 12.0 Å². The normalized spacial score (nSPS) is 23.1. The van der Waals surface area contributed by atoms with Crippen LogP contribution in [0.25, 0.3) is 0 Å². The van der Waals surface area contributed by atoms with Crippen LogP contribution in [0.3, 0.4) is 0 Å². The van der Waals surface area contributed by atoms with E-state index in [1.165, 1.54) is 25.1 Å². The Morgan fingerprint density at radius 1 is 1.59 bits per heavy atom. The number of benzene rings is 1. The number of carbonyl (C=O) groups is 1. The van der Waals surface area contributed by atoms with Crippen LogP contribution in [-0.4, -0.2) is 27.4 Å². The van der Waals surface area contributed by atoms with Crippen LogP contribution in [0.2, 0.25) is 0 Å². The van der Waals surface area contributed by atoms with Gasteiger partial charge in [0.25, 0.3) is 0 Å². The van der Waals surface area contributed by atoms with Crippen LogP contribution in [0.4, 0.5) is 4.39 Å². The largest absolute Gasteiger partial charge is 0.505 e. The van der Waals surface area contributed by atoms with E-state index in [0.29, 0.717) is 0 Å². The number of carboxylic acid groups (broad SMARTS) is 1. The summed E-state index contributed by atoms with van der Waals surface area (Å²) >= 11 is 0. The Hall–Kier alpha value is -2.11. The summed E-state index contributed by atoms with van der Waals surface area (Å²) < 4.78 is 13.6. The van der Waals surface area contributed by atoms with Crippen molar-refractivity contribution >= 4 is 11.7 Å². The van der Waals surface area contributed by atoms with E-state index in [4.69, 9.17) is 5.11 Å². The van der Waals surface area contributed by atoms with E-state index in [0.717, 1.165) is 0 Å². The molecule has 6 heteroatoms. The number of hydrazone groups is 1. The van der Waals surface area contributed by atoms with Crippen LogP contribution in [0.5, 0.6) is 5.75 Å². The van der Waals surface area contributed by atoms with Gasteiger partial charge in [-0.15, -0.1) is 0 Å². The standard InChI is InChI=1S/C11H11FN2O3/c1-11(10(16)17)5-7(13-14-11)6-3-2-4-8(15)9(6)12/h2-4,14-15H,5H2,1H3,(H,16,17). The number of rotatable bonds is 2. The summed E-state index contributed by atoms with van der Waals surface area (Å²) in [5, 5.41) is 22.0. The van der Waals surface area contributed by atoms with Gasteiger partial charge >= 0.3 is 5.97 Å². The molecule has 0 aromatic heterocycles. The number of phenolic OH excluding ortho intramolecular Hbond substituents is 1. The molecule has 0 saturated carbocycles. The van der Waals surface area contributed by atoms with E-state index in [1.807, 2.05) is 0 Å². The topological polar surface area (TPSA) is 81.9 Å². The number of nitrogens with one attached hydrogen (secondary N) is 1. The van der Waals surface area contributed by atoms with Crippen LogP contribution in [0.1, 0.15) is 18.9 Å². The Kier molecular flexibility index (Phi) is 2.49. The van der Waals surface area contributed by atoms with Crippen molar-refractivity contribution in [1.82, 2.24) is 5.43 Å². The van der Waals surface area contributed by atoms with Crippen molar-refractivity contribution in [3.8, 4) is 5.75 Å². The first-order valence-corrected chi connectivity index (χ1v) is 4.99. The number of hydrogen-bond donors (Lipinski definition) is 3. The molecule has 1 unspecified atom stereocenters. The molecule has 0 aliphatic carbocycles. The minimum atomic E-state index is -1.23. The second-order valence-electron chi connectivity index (χ2n) is 4.12. The third kappa shape index (κ3) is 1.82. The molecule has 1 aromatic carbocycles. The highest BCUT2D eigenvalue weighted by Crippen LogP contribution is 2.26.